The normalized spacial score (nSPS) is 20.8. The van der Waals surface area contributed by atoms with Crippen LogP contribution in [0.5, 0.6) is 0 Å². The molecule has 0 aliphatic heterocycles. The highest BCUT2D eigenvalue weighted by molar-refractivity contribution is 6.25. The van der Waals surface area contributed by atoms with E-state index in [-0.39, 0.29) is 30.3 Å². The molecule has 0 spiro atoms. The van der Waals surface area contributed by atoms with Gasteiger partial charge in [0.2, 0.25) is 5.91 Å². The highest BCUT2D eigenvalue weighted by Gasteiger charge is 2.43. The number of aryl methyl sites for hydroxylation is 3. The zero-order valence-corrected chi connectivity index (χ0v) is 14.9. The van der Waals surface area contributed by atoms with Crippen LogP contribution in [-0.4, -0.2) is 24.0 Å². The summed E-state index contributed by atoms with van der Waals surface area (Å²) in [5.41, 5.74) is 5.15. The Kier molecular flexibility index (Phi) is 5.94. The van der Waals surface area contributed by atoms with Crippen molar-refractivity contribution in [1.82, 2.24) is 5.32 Å². The van der Waals surface area contributed by atoms with Crippen LogP contribution in [0.4, 0.5) is 0 Å². The molecular formula is C19H22ClNO3. The smallest absolute Gasteiger partial charge is 0.220 e. The molecule has 4 nitrogen and oxygen atoms in total. The first-order valence-corrected chi connectivity index (χ1v) is 8.45. The molecule has 0 radical (unpaired) electrons. The maximum Gasteiger partial charge on any atom is 0.220 e. The maximum absolute atomic E-state index is 12.7. The standard InChI is InChI=1S/C19H22ClNO3/c1-11-7-12(2)17(13(3)8-11)18-15(22)9-14(19(18)24)10-16(23)21-6-4-5-20/h4-5,7-8,14,18H,6,9-10H2,1-3H3,(H,21,23)/b5-4+. The molecule has 1 aliphatic rings. The van der Waals surface area contributed by atoms with Crippen molar-refractivity contribution in [3.63, 3.8) is 0 Å². The summed E-state index contributed by atoms with van der Waals surface area (Å²) in [4.78, 5) is 37.1. The van der Waals surface area contributed by atoms with Crippen LogP contribution in [0.15, 0.2) is 23.7 Å². The third kappa shape index (κ3) is 3.93. The highest BCUT2D eigenvalue weighted by Crippen LogP contribution is 2.37. The second kappa shape index (κ2) is 7.75. The second-order valence-electron chi connectivity index (χ2n) is 6.39. The van der Waals surface area contributed by atoms with Gasteiger partial charge < -0.3 is 5.32 Å². The number of rotatable bonds is 5. The first-order valence-electron chi connectivity index (χ1n) is 8.01. The third-order valence-corrected chi connectivity index (χ3v) is 4.60. The zero-order chi connectivity index (χ0) is 17.9. The van der Waals surface area contributed by atoms with Crippen LogP contribution in [0.25, 0.3) is 0 Å². The van der Waals surface area contributed by atoms with Gasteiger partial charge in [-0.1, -0.05) is 35.4 Å². The van der Waals surface area contributed by atoms with Gasteiger partial charge >= 0.3 is 0 Å². The number of halogens is 1. The van der Waals surface area contributed by atoms with Crippen molar-refractivity contribution in [3.05, 3.63) is 46.0 Å². The van der Waals surface area contributed by atoms with E-state index in [4.69, 9.17) is 11.6 Å². The number of hydrogen-bond donors (Lipinski definition) is 1. The van der Waals surface area contributed by atoms with E-state index in [0.717, 1.165) is 22.3 Å². The molecule has 0 heterocycles. The van der Waals surface area contributed by atoms with Crippen molar-refractivity contribution >= 4 is 29.1 Å². The number of amides is 1. The van der Waals surface area contributed by atoms with Gasteiger partial charge in [0.05, 0.1) is 0 Å². The van der Waals surface area contributed by atoms with Gasteiger partial charge in [0.15, 0.2) is 5.78 Å². The van der Waals surface area contributed by atoms with Crippen LogP contribution < -0.4 is 5.32 Å². The summed E-state index contributed by atoms with van der Waals surface area (Å²) < 4.78 is 0. The summed E-state index contributed by atoms with van der Waals surface area (Å²) >= 11 is 5.39. The first kappa shape index (κ1) is 18.4. The van der Waals surface area contributed by atoms with E-state index in [9.17, 15) is 14.4 Å². The number of hydrogen-bond acceptors (Lipinski definition) is 3. The number of nitrogens with one attached hydrogen (secondary N) is 1. The Morgan fingerprint density at radius 3 is 2.46 bits per heavy atom. The van der Waals surface area contributed by atoms with Gasteiger partial charge in [-0.05, 0) is 37.5 Å². The van der Waals surface area contributed by atoms with E-state index in [1.807, 2.05) is 32.9 Å². The largest absolute Gasteiger partial charge is 0.353 e. The second-order valence-corrected chi connectivity index (χ2v) is 6.64. The molecule has 5 heteroatoms. The molecule has 1 aromatic rings. The minimum absolute atomic E-state index is 0.0428. The fraction of sp³-hybridized carbons (Fsp3) is 0.421. The quantitative estimate of drug-likeness (QED) is 0.832. The topological polar surface area (TPSA) is 63.2 Å². The predicted molar refractivity (Wildman–Crippen MR) is 94.1 cm³/mol. The summed E-state index contributed by atoms with van der Waals surface area (Å²) in [7, 11) is 0. The van der Waals surface area contributed by atoms with Gasteiger partial charge in [-0.3, -0.25) is 14.4 Å². The molecule has 1 saturated carbocycles. The van der Waals surface area contributed by atoms with E-state index in [2.05, 4.69) is 5.32 Å². The average molecular weight is 348 g/mol. The van der Waals surface area contributed by atoms with Crippen molar-refractivity contribution < 1.29 is 14.4 Å². The number of Topliss-reactive ketones (excluding diaryl/α,β-unsaturated/α-hetero) is 2. The molecule has 1 N–H and O–H groups in total. The van der Waals surface area contributed by atoms with E-state index >= 15 is 0 Å². The molecule has 2 rings (SSSR count). The molecular weight excluding hydrogens is 326 g/mol. The number of carbonyl (C=O) groups excluding carboxylic acids is 3. The summed E-state index contributed by atoms with van der Waals surface area (Å²) in [6, 6.07) is 3.98. The molecule has 0 bridgehead atoms. The number of carbonyl (C=O) groups is 3. The molecule has 1 aliphatic carbocycles. The molecule has 2 atom stereocenters. The summed E-state index contributed by atoms with van der Waals surface area (Å²) in [5.74, 6) is -1.74. The van der Waals surface area contributed by atoms with Crippen molar-refractivity contribution in [2.24, 2.45) is 5.92 Å². The molecule has 1 amide bonds. The SMILES string of the molecule is Cc1cc(C)c(C2C(=O)CC(CC(=O)NC/C=C/Cl)C2=O)c(C)c1. The van der Waals surface area contributed by atoms with Crippen LogP contribution >= 0.6 is 11.6 Å². The number of benzene rings is 1. The van der Waals surface area contributed by atoms with Gasteiger partial charge in [-0.2, -0.15) is 0 Å². The van der Waals surface area contributed by atoms with Gasteiger partial charge in [-0.15, -0.1) is 0 Å². The Bertz CT molecular complexity index is 686. The number of ketones is 2. The first-order chi connectivity index (χ1) is 11.3. The molecule has 2 unspecified atom stereocenters. The Labute approximate surface area is 147 Å². The summed E-state index contributed by atoms with van der Waals surface area (Å²) in [6.07, 6.45) is 1.78. The van der Waals surface area contributed by atoms with Crippen LogP contribution in [0, 0.1) is 26.7 Å². The highest BCUT2D eigenvalue weighted by atomic mass is 35.5. The predicted octanol–water partition coefficient (Wildman–Crippen LogP) is 3.11. The van der Waals surface area contributed by atoms with Crippen molar-refractivity contribution in [2.45, 2.75) is 39.5 Å². The molecule has 24 heavy (non-hydrogen) atoms. The Hall–Kier alpha value is -1.94. The summed E-state index contributed by atoms with van der Waals surface area (Å²) in [5, 5.41) is 2.66. The third-order valence-electron chi connectivity index (χ3n) is 4.42. The summed E-state index contributed by atoms with van der Waals surface area (Å²) in [6.45, 7) is 6.16. The van der Waals surface area contributed by atoms with Crippen LogP contribution in [0.2, 0.25) is 0 Å². The molecule has 128 valence electrons. The van der Waals surface area contributed by atoms with Crippen LogP contribution in [0.1, 0.15) is 41.0 Å². The molecule has 0 aromatic heterocycles. The van der Waals surface area contributed by atoms with Gasteiger partial charge in [0, 0.05) is 30.8 Å². The molecule has 1 fully saturated rings. The Morgan fingerprint density at radius 2 is 1.88 bits per heavy atom. The average Bonchev–Trinajstić information content (AvgIpc) is 2.74. The Morgan fingerprint density at radius 1 is 1.25 bits per heavy atom. The Balaban J connectivity index is 2.16. The van der Waals surface area contributed by atoms with Gasteiger partial charge in [0.1, 0.15) is 11.7 Å². The zero-order valence-electron chi connectivity index (χ0n) is 14.2. The van der Waals surface area contributed by atoms with E-state index < -0.39 is 11.8 Å². The van der Waals surface area contributed by atoms with Gasteiger partial charge in [0.25, 0.3) is 0 Å². The lowest BCUT2D eigenvalue weighted by Crippen LogP contribution is -2.27. The lowest BCUT2D eigenvalue weighted by Gasteiger charge is -2.16. The van der Waals surface area contributed by atoms with Crippen LogP contribution in [-0.2, 0) is 14.4 Å². The fourth-order valence-electron chi connectivity index (χ4n) is 3.49. The van der Waals surface area contributed by atoms with Crippen LogP contribution in [0.3, 0.4) is 0 Å². The van der Waals surface area contributed by atoms with E-state index in [1.54, 1.807) is 6.08 Å². The van der Waals surface area contributed by atoms with Crippen molar-refractivity contribution in [1.29, 1.82) is 0 Å². The monoisotopic (exact) mass is 347 g/mol. The molecule has 0 saturated heterocycles. The minimum atomic E-state index is -0.730. The van der Waals surface area contributed by atoms with Crippen molar-refractivity contribution in [3.8, 4) is 0 Å². The van der Waals surface area contributed by atoms with Gasteiger partial charge in [-0.25, -0.2) is 0 Å². The van der Waals surface area contributed by atoms with E-state index in [0.29, 0.717) is 6.54 Å². The lowest BCUT2D eigenvalue weighted by atomic mass is 9.86. The molecule has 1 aromatic carbocycles. The van der Waals surface area contributed by atoms with E-state index in [1.165, 1.54) is 5.54 Å². The maximum atomic E-state index is 12.7. The fourth-order valence-corrected chi connectivity index (χ4v) is 3.58. The minimum Gasteiger partial charge on any atom is -0.353 e. The lowest BCUT2D eigenvalue weighted by molar-refractivity contribution is -0.128. The van der Waals surface area contributed by atoms with Crippen molar-refractivity contribution in [2.75, 3.05) is 6.54 Å².